The van der Waals surface area contributed by atoms with Crippen LogP contribution in [0.1, 0.15) is 35.3 Å². The molecule has 0 aliphatic rings. The molecule has 0 saturated carbocycles. The quantitative estimate of drug-likeness (QED) is 0.474. The highest BCUT2D eigenvalue weighted by molar-refractivity contribution is 9.10. The lowest BCUT2D eigenvalue weighted by atomic mass is 10.1. The van der Waals surface area contributed by atoms with Gasteiger partial charge in [0.15, 0.2) is 5.65 Å². The highest BCUT2D eigenvalue weighted by Gasteiger charge is 2.18. The summed E-state index contributed by atoms with van der Waals surface area (Å²) in [6, 6.07) is 3.89. The molecule has 0 radical (unpaired) electrons. The summed E-state index contributed by atoms with van der Waals surface area (Å²) in [5.74, 6) is 0.761. The van der Waals surface area contributed by atoms with Gasteiger partial charge in [-0.2, -0.15) is 5.10 Å². The van der Waals surface area contributed by atoms with Crippen molar-refractivity contribution in [3.05, 3.63) is 56.6 Å². The van der Waals surface area contributed by atoms with E-state index in [0.29, 0.717) is 6.42 Å². The number of fused-ring (bicyclic) bond motifs is 1. The van der Waals surface area contributed by atoms with E-state index >= 15 is 0 Å². The van der Waals surface area contributed by atoms with Gasteiger partial charge < -0.3 is 0 Å². The first-order chi connectivity index (χ1) is 12.7. The molecule has 0 fully saturated rings. The molecule has 0 N–H and O–H groups in total. The number of halogens is 1. The van der Waals surface area contributed by atoms with Crippen molar-refractivity contribution in [2.75, 3.05) is 0 Å². The second kappa shape index (κ2) is 7.20. The summed E-state index contributed by atoms with van der Waals surface area (Å²) in [5.41, 5.74) is 6.73. The molecule has 0 atom stereocenters. The molecule has 26 heavy (non-hydrogen) atoms. The van der Waals surface area contributed by atoms with Crippen LogP contribution in [0.15, 0.2) is 34.6 Å². The number of pyridine rings is 1. The van der Waals surface area contributed by atoms with Crippen LogP contribution in [0.4, 0.5) is 0 Å². The van der Waals surface area contributed by atoms with Crippen molar-refractivity contribution >= 4 is 32.9 Å². The van der Waals surface area contributed by atoms with Gasteiger partial charge in [0.05, 0.1) is 11.2 Å². The van der Waals surface area contributed by atoms with Gasteiger partial charge in [-0.05, 0) is 41.4 Å². The molecule has 4 aromatic rings. The molecule has 4 heterocycles. The van der Waals surface area contributed by atoms with E-state index in [-0.39, 0.29) is 0 Å². The highest BCUT2D eigenvalue weighted by Crippen LogP contribution is 2.31. The normalized spacial score (nSPS) is 11.3. The van der Waals surface area contributed by atoms with Gasteiger partial charge in [-0.25, -0.2) is 19.5 Å². The minimum Gasteiger partial charge on any atom is -0.253 e. The molecule has 0 unspecified atom stereocenters. The lowest BCUT2D eigenvalue weighted by Crippen LogP contribution is -2.04. The molecule has 0 spiro atoms. The molecule has 0 aliphatic carbocycles. The summed E-state index contributed by atoms with van der Waals surface area (Å²) < 4.78 is 2.71. The highest BCUT2D eigenvalue weighted by atomic mass is 79.9. The van der Waals surface area contributed by atoms with Crippen LogP contribution >= 0.6 is 27.3 Å². The number of rotatable bonds is 5. The summed E-state index contributed by atoms with van der Waals surface area (Å²) in [6.45, 7) is 4.07. The zero-order valence-corrected chi connectivity index (χ0v) is 16.9. The maximum Gasteiger partial charge on any atom is 0.162 e. The van der Waals surface area contributed by atoms with Crippen molar-refractivity contribution in [1.29, 1.82) is 0 Å². The van der Waals surface area contributed by atoms with E-state index in [9.17, 15) is 0 Å². The first-order valence-electron chi connectivity index (χ1n) is 8.40. The Kier molecular flexibility index (Phi) is 4.78. The molecule has 4 aromatic heterocycles. The van der Waals surface area contributed by atoms with Crippen LogP contribution in [-0.4, -0.2) is 29.5 Å². The van der Waals surface area contributed by atoms with E-state index in [2.05, 4.69) is 47.9 Å². The Hall–Kier alpha value is -2.19. The Balaban J connectivity index is 1.78. The minimum absolute atomic E-state index is 0.709. The van der Waals surface area contributed by atoms with Crippen LogP contribution in [0, 0.1) is 6.92 Å². The molecule has 132 valence electrons. The Labute approximate surface area is 163 Å². The average Bonchev–Trinajstić information content (AvgIpc) is 3.23. The predicted octanol–water partition coefficient (Wildman–Crippen LogP) is 4.26. The maximum absolute atomic E-state index is 4.68. The first kappa shape index (κ1) is 17.2. The predicted molar refractivity (Wildman–Crippen MR) is 105 cm³/mol. The number of hydrogen-bond acceptors (Lipinski definition) is 6. The molecule has 0 aliphatic heterocycles. The van der Waals surface area contributed by atoms with E-state index in [1.165, 1.54) is 0 Å². The number of thiazole rings is 1. The van der Waals surface area contributed by atoms with E-state index in [4.69, 9.17) is 0 Å². The second-order valence-electron chi connectivity index (χ2n) is 5.98. The van der Waals surface area contributed by atoms with Crippen molar-refractivity contribution in [1.82, 2.24) is 29.5 Å². The monoisotopic (exact) mass is 428 g/mol. The smallest absolute Gasteiger partial charge is 0.162 e. The fourth-order valence-corrected chi connectivity index (χ4v) is 4.22. The van der Waals surface area contributed by atoms with Gasteiger partial charge in [0, 0.05) is 27.5 Å². The number of aromatic nitrogens is 6. The molecular weight excluding hydrogens is 412 g/mol. The van der Waals surface area contributed by atoms with Crippen LogP contribution < -0.4 is 0 Å². The molecule has 0 bridgehead atoms. The number of nitrogens with zero attached hydrogens (tertiary/aromatic N) is 6. The molecule has 0 saturated heterocycles. The summed E-state index contributed by atoms with van der Waals surface area (Å²) in [6.07, 6.45) is 6.20. The van der Waals surface area contributed by atoms with Crippen molar-refractivity contribution in [3.8, 4) is 11.4 Å². The Morgan fingerprint density at radius 3 is 2.88 bits per heavy atom. The van der Waals surface area contributed by atoms with Crippen molar-refractivity contribution in [2.24, 2.45) is 0 Å². The van der Waals surface area contributed by atoms with Gasteiger partial charge in [0.2, 0.25) is 0 Å². The van der Waals surface area contributed by atoms with E-state index in [0.717, 1.165) is 56.3 Å². The van der Waals surface area contributed by atoms with E-state index in [1.807, 2.05) is 24.6 Å². The lowest BCUT2D eigenvalue weighted by molar-refractivity contribution is 0.834. The summed E-state index contributed by atoms with van der Waals surface area (Å²) in [7, 11) is 0. The van der Waals surface area contributed by atoms with Crippen LogP contribution in [0.3, 0.4) is 0 Å². The molecule has 6 nitrogen and oxygen atoms in total. The summed E-state index contributed by atoms with van der Waals surface area (Å²) in [4.78, 5) is 19.5. The van der Waals surface area contributed by atoms with Crippen molar-refractivity contribution in [3.63, 3.8) is 0 Å². The molecular formula is C18H17BrN6S. The third kappa shape index (κ3) is 3.14. The summed E-state index contributed by atoms with van der Waals surface area (Å²) >= 11 is 5.21. The fraction of sp³-hybridized carbons (Fsp3) is 0.278. The topological polar surface area (TPSA) is 68.9 Å². The third-order valence-corrected chi connectivity index (χ3v) is 5.60. The van der Waals surface area contributed by atoms with Crippen LogP contribution in [0.5, 0.6) is 0 Å². The van der Waals surface area contributed by atoms with Crippen molar-refractivity contribution in [2.45, 2.75) is 33.1 Å². The molecule has 4 rings (SSSR count). The lowest BCUT2D eigenvalue weighted by Gasteiger charge is -2.09. The maximum atomic E-state index is 4.68. The van der Waals surface area contributed by atoms with Crippen LogP contribution in [0.25, 0.3) is 17.0 Å². The first-order valence-corrected chi connectivity index (χ1v) is 10.1. The second-order valence-corrected chi connectivity index (χ2v) is 7.78. The van der Waals surface area contributed by atoms with Gasteiger partial charge in [-0.1, -0.05) is 13.3 Å². The van der Waals surface area contributed by atoms with Gasteiger partial charge in [-0.15, -0.1) is 11.3 Å². The fourth-order valence-electron chi connectivity index (χ4n) is 3.01. The molecule has 0 amide bonds. The molecule has 0 aromatic carbocycles. The SMILES string of the molecule is CCCc1c(Cc2scnc2-c2ncccc2Br)ncn2nc(C)nc12. The van der Waals surface area contributed by atoms with Gasteiger partial charge in [-0.3, -0.25) is 4.98 Å². The summed E-state index contributed by atoms with van der Waals surface area (Å²) in [5, 5.41) is 4.39. The average molecular weight is 429 g/mol. The zero-order valence-electron chi connectivity index (χ0n) is 14.5. The van der Waals surface area contributed by atoms with Crippen molar-refractivity contribution < 1.29 is 0 Å². The largest absolute Gasteiger partial charge is 0.253 e. The Morgan fingerprint density at radius 2 is 2.08 bits per heavy atom. The standard InChI is InChI=1S/C18H17BrN6S/c1-3-5-12-14(21-9-25-18(12)23-11(2)24-25)8-15-17(22-10-26-15)16-13(19)6-4-7-20-16/h4,6-7,9-10H,3,5,8H2,1-2H3. The van der Waals surface area contributed by atoms with Crippen LogP contribution in [-0.2, 0) is 12.8 Å². The third-order valence-electron chi connectivity index (χ3n) is 4.13. The minimum atomic E-state index is 0.709. The van der Waals surface area contributed by atoms with Gasteiger partial charge in [0.25, 0.3) is 0 Å². The van der Waals surface area contributed by atoms with E-state index < -0.39 is 0 Å². The van der Waals surface area contributed by atoms with Crippen LogP contribution in [0.2, 0.25) is 0 Å². The van der Waals surface area contributed by atoms with Gasteiger partial charge >= 0.3 is 0 Å². The van der Waals surface area contributed by atoms with E-state index in [1.54, 1.807) is 28.4 Å². The zero-order chi connectivity index (χ0) is 18.1. The van der Waals surface area contributed by atoms with Gasteiger partial charge in [0.1, 0.15) is 23.5 Å². The molecule has 8 heteroatoms. The number of hydrogen-bond donors (Lipinski definition) is 0. The Morgan fingerprint density at radius 1 is 1.19 bits per heavy atom. The Bertz CT molecular complexity index is 1070. The number of aryl methyl sites for hydroxylation is 2.